The third-order valence-electron chi connectivity index (χ3n) is 4.85. The van der Waals surface area contributed by atoms with Crippen LogP contribution in [0.1, 0.15) is 19.4 Å². The molecule has 33 heavy (non-hydrogen) atoms. The second kappa shape index (κ2) is 10.6. The molecule has 3 heterocycles. The number of halogens is 1. The first-order valence-electron chi connectivity index (χ1n) is 10.8. The van der Waals surface area contributed by atoms with Gasteiger partial charge in [0.25, 0.3) is 5.56 Å². The molecule has 10 nitrogen and oxygen atoms in total. The van der Waals surface area contributed by atoms with Crippen LogP contribution in [0.5, 0.6) is 11.9 Å². The van der Waals surface area contributed by atoms with Crippen LogP contribution in [0.2, 0.25) is 5.02 Å². The molecule has 0 saturated carbocycles. The van der Waals surface area contributed by atoms with E-state index in [9.17, 15) is 4.79 Å². The van der Waals surface area contributed by atoms with Crippen LogP contribution in [0, 0.1) is 5.92 Å². The highest BCUT2D eigenvalue weighted by Crippen LogP contribution is 2.20. The van der Waals surface area contributed by atoms with E-state index in [-0.39, 0.29) is 24.0 Å². The maximum atomic E-state index is 12.3. The quantitative estimate of drug-likeness (QED) is 0.530. The second-order valence-corrected chi connectivity index (χ2v) is 8.45. The summed E-state index contributed by atoms with van der Waals surface area (Å²) in [6.07, 6.45) is 0. The number of aromatic nitrogens is 5. The first-order valence-corrected chi connectivity index (χ1v) is 11.2. The molecule has 0 radical (unpaired) electrons. The van der Waals surface area contributed by atoms with Crippen molar-refractivity contribution in [3.63, 3.8) is 0 Å². The summed E-state index contributed by atoms with van der Waals surface area (Å²) < 4.78 is 12.6. The van der Waals surface area contributed by atoms with Gasteiger partial charge in [-0.2, -0.15) is 15.0 Å². The summed E-state index contributed by atoms with van der Waals surface area (Å²) in [5, 5.41) is 8.18. The van der Waals surface area contributed by atoms with Gasteiger partial charge in [0.2, 0.25) is 17.8 Å². The fourth-order valence-corrected chi connectivity index (χ4v) is 3.25. The fourth-order valence-electron chi connectivity index (χ4n) is 3.12. The summed E-state index contributed by atoms with van der Waals surface area (Å²) in [6, 6.07) is 10.2. The molecule has 4 rings (SSSR count). The van der Waals surface area contributed by atoms with E-state index in [0.717, 1.165) is 5.56 Å². The average Bonchev–Trinajstić information content (AvgIpc) is 2.82. The van der Waals surface area contributed by atoms with E-state index in [0.29, 0.717) is 55.7 Å². The zero-order valence-electron chi connectivity index (χ0n) is 18.6. The molecule has 2 aromatic heterocycles. The maximum absolute atomic E-state index is 12.3. The Morgan fingerprint density at radius 2 is 1.85 bits per heavy atom. The van der Waals surface area contributed by atoms with Crippen LogP contribution in [0.3, 0.4) is 0 Å². The lowest BCUT2D eigenvalue weighted by Crippen LogP contribution is -2.37. The highest BCUT2D eigenvalue weighted by molar-refractivity contribution is 6.30. The van der Waals surface area contributed by atoms with Crippen LogP contribution in [0.25, 0.3) is 0 Å². The van der Waals surface area contributed by atoms with E-state index in [2.05, 4.69) is 39.2 Å². The molecule has 0 spiro atoms. The monoisotopic (exact) mass is 471 g/mol. The van der Waals surface area contributed by atoms with Gasteiger partial charge in [0.1, 0.15) is 0 Å². The molecule has 1 fully saturated rings. The van der Waals surface area contributed by atoms with Crippen LogP contribution in [-0.2, 0) is 11.3 Å². The van der Waals surface area contributed by atoms with Crippen molar-refractivity contribution in [2.24, 2.45) is 5.92 Å². The highest BCUT2D eigenvalue weighted by atomic mass is 35.5. The average molecular weight is 472 g/mol. The lowest BCUT2D eigenvalue weighted by Gasteiger charge is -2.27. The molecule has 11 heteroatoms. The largest absolute Gasteiger partial charge is 0.403 e. The summed E-state index contributed by atoms with van der Waals surface area (Å²) in [4.78, 5) is 27.7. The van der Waals surface area contributed by atoms with Crippen molar-refractivity contribution >= 4 is 23.5 Å². The van der Waals surface area contributed by atoms with Gasteiger partial charge < -0.3 is 19.7 Å². The molecule has 0 aliphatic carbocycles. The Hall–Kier alpha value is -3.24. The Labute approximate surface area is 196 Å². The number of rotatable bonds is 8. The van der Waals surface area contributed by atoms with Gasteiger partial charge in [-0.05, 0) is 23.6 Å². The molecule has 1 N–H and O–H groups in total. The van der Waals surface area contributed by atoms with Crippen molar-refractivity contribution < 1.29 is 9.47 Å². The summed E-state index contributed by atoms with van der Waals surface area (Å²) >= 11 is 5.94. The van der Waals surface area contributed by atoms with Gasteiger partial charge in [-0.15, -0.1) is 5.10 Å². The van der Waals surface area contributed by atoms with Crippen molar-refractivity contribution in [3.05, 3.63) is 57.3 Å². The van der Waals surface area contributed by atoms with E-state index < -0.39 is 0 Å². The number of nitrogens with one attached hydrogen (secondary N) is 1. The van der Waals surface area contributed by atoms with Crippen molar-refractivity contribution in [1.29, 1.82) is 0 Å². The predicted molar refractivity (Wildman–Crippen MR) is 125 cm³/mol. The normalized spacial score (nSPS) is 13.9. The van der Waals surface area contributed by atoms with Crippen molar-refractivity contribution in [1.82, 2.24) is 24.7 Å². The molecule has 174 valence electrons. The molecule has 0 atom stereocenters. The van der Waals surface area contributed by atoms with E-state index in [1.165, 1.54) is 16.8 Å². The third-order valence-corrected chi connectivity index (χ3v) is 5.10. The number of morpholine rings is 1. The van der Waals surface area contributed by atoms with Crippen LogP contribution < -0.4 is 20.5 Å². The molecule has 1 aliphatic heterocycles. The van der Waals surface area contributed by atoms with Crippen molar-refractivity contribution in [2.75, 3.05) is 43.1 Å². The van der Waals surface area contributed by atoms with E-state index in [1.54, 1.807) is 12.1 Å². The Morgan fingerprint density at radius 3 is 2.58 bits per heavy atom. The molecule has 0 unspecified atom stereocenters. The Balaban J connectivity index is 1.58. The van der Waals surface area contributed by atoms with Gasteiger partial charge in [-0.1, -0.05) is 37.6 Å². The smallest absolute Gasteiger partial charge is 0.330 e. The molecule has 1 aliphatic rings. The topological polar surface area (TPSA) is 107 Å². The molecular weight excluding hydrogens is 446 g/mol. The Kier molecular flexibility index (Phi) is 7.36. The summed E-state index contributed by atoms with van der Waals surface area (Å²) in [6.45, 7) is 7.75. The number of hydrogen-bond acceptors (Lipinski definition) is 9. The number of benzene rings is 1. The zero-order chi connectivity index (χ0) is 23.2. The SMILES string of the molecule is CC(C)CNc1nc(Oc2ccc(=O)n(Cc3ccc(Cl)cc3)n2)nc(N2CCOCC2)n1. The minimum absolute atomic E-state index is 0.0990. The number of hydrogen-bond donors (Lipinski definition) is 1. The summed E-state index contributed by atoms with van der Waals surface area (Å²) in [5.41, 5.74) is 0.641. The number of anilines is 2. The van der Waals surface area contributed by atoms with Crippen LogP contribution in [0.4, 0.5) is 11.9 Å². The number of ether oxygens (including phenoxy) is 2. The van der Waals surface area contributed by atoms with Crippen LogP contribution in [-0.4, -0.2) is 57.6 Å². The maximum Gasteiger partial charge on any atom is 0.330 e. The zero-order valence-corrected chi connectivity index (χ0v) is 19.3. The summed E-state index contributed by atoms with van der Waals surface area (Å²) in [7, 11) is 0. The highest BCUT2D eigenvalue weighted by Gasteiger charge is 2.18. The molecular formula is C22H26ClN7O3. The van der Waals surface area contributed by atoms with Gasteiger partial charge in [0.05, 0.1) is 19.8 Å². The standard InChI is InChI=1S/C22H26ClN7O3/c1-15(2)13-24-20-25-21(29-9-11-32-12-10-29)27-22(26-20)33-18-7-8-19(31)30(28-18)14-16-3-5-17(23)6-4-16/h3-8,15H,9-14H2,1-2H3,(H,24,25,26,27). The van der Waals surface area contributed by atoms with E-state index in [4.69, 9.17) is 21.1 Å². The first-order chi connectivity index (χ1) is 16.0. The minimum atomic E-state index is -0.249. The molecule has 0 amide bonds. The minimum Gasteiger partial charge on any atom is -0.403 e. The van der Waals surface area contributed by atoms with Gasteiger partial charge in [0, 0.05) is 36.8 Å². The molecule has 1 saturated heterocycles. The van der Waals surface area contributed by atoms with E-state index >= 15 is 0 Å². The third kappa shape index (κ3) is 6.39. The summed E-state index contributed by atoms with van der Waals surface area (Å²) in [5.74, 6) is 1.54. The second-order valence-electron chi connectivity index (χ2n) is 8.01. The van der Waals surface area contributed by atoms with E-state index in [1.807, 2.05) is 17.0 Å². The number of nitrogens with zero attached hydrogens (tertiary/aromatic N) is 6. The van der Waals surface area contributed by atoms with Crippen molar-refractivity contribution in [3.8, 4) is 11.9 Å². The molecule has 0 bridgehead atoms. The Morgan fingerprint density at radius 1 is 1.09 bits per heavy atom. The fraction of sp³-hybridized carbons (Fsp3) is 0.409. The molecule has 3 aromatic rings. The van der Waals surface area contributed by atoms with Crippen LogP contribution in [0.15, 0.2) is 41.2 Å². The van der Waals surface area contributed by atoms with Gasteiger partial charge in [-0.25, -0.2) is 4.68 Å². The van der Waals surface area contributed by atoms with Gasteiger partial charge >= 0.3 is 6.01 Å². The first kappa shape index (κ1) is 22.9. The molecule has 1 aromatic carbocycles. The lowest BCUT2D eigenvalue weighted by molar-refractivity contribution is 0.122. The van der Waals surface area contributed by atoms with Crippen molar-refractivity contribution in [2.45, 2.75) is 20.4 Å². The van der Waals surface area contributed by atoms with Crippen LogP contribution >= 0.6 is 11.6 Å². The van der Waals surface area contributed by atoms with Gasteiger partial charge in [0.15, 0.2) is 0 Å². The Bertz CT molecular complexity index is 1130. The lowest BCUT2D eigenvalue weighted by atomic mass is 10.2. The predicted octanol–water partition coefficient (Wildman–Crippen LogP) is 2.83. The van der Waals surface area contributed by atoms with Gasteiger partial charge in [-0.3, -0.25) is 4.79 Å².